The maximum absolute atomic E-state index is 12.8. The van der Waals surface area contributed by atoms with Crippen molar-refractivity contribution in [3.05, 3.63) is 35.7 Å². The molecule has 33 heavy (non-hydrogen) atoms. The lowest BCUT2D eigenvalue weighted by atomic mass is 9.84. The lowest BCUT2D eigenvalue weighted by Gasteiger charge is -2.42. The molecular formula is C22H27F3N6O2. The zero-order valence-corrected chi connectivity index (χ0v) is 18.8. The molecule has 1 saturated heterocycles. The molecule has 1 aromatic heterocycles. The third kappa shape index (κ3) is 5.12. The predicted octanol–water partition coefficient (Wildman–Crippen LogP) is 2.98. The van der Waals surface area contributed by atoms with E-state index in [9.17, 15) is 22.8 Å². The fourth-order valence-corrected chi connectivity index (χ4v) is 4.22. The van der Waals surface area contributed by atoms with Gasteiger partial charge in [-0.15, -0.1) is 0 Å². The van der Waals surface area contributed by atoms with Crippen molar-refractivity contribution >= 4 is 11.9 Å². The number of fused-ring (bicyclic) bond motifs is 1. The quantitative estimate of drug-likeness (QED) is 0.679. The Morgan fingerprint density at radius 2 is 1.76 bits per heavy atom. The first kappa shape index (κ1) is 23.1. The highest BCUT2D eigenvalue weighted by atomic mass is 19.4. The summed E-state index contributed by atoms with van der Waals surface area (Å²) < 4.78 is 40.1. The highest BCUT2D eigenvalue weighted by molar-refractivity contribution is 5.78. The number of urea groups is 1. The van der Waals surface area contributed by atoms with Crippen molar-refractivity contribution in [2.45, 2.75) is 63.8 Å². The van der Waals surface area contributed by atoms with E-state index in [-0.39, 0.29) is 29.8 Å². The van der Waals surface area contributed by atoms with Gasteiger partial charge in [0, 0.05) is 30.6 Å². The zero-order chi connectivity index (χ0) is 24.0. The van der Waals surface area contributed by atoms with Crippen molar-refractivity contribution < 1.29 is 22.8 Å². The average Bonchev–Trinajstić information content (AvgIpc) is 3.02. The highest BCUT2D eigenvalue weighted by Gasteiger charge is 2.41. The van der Waals surface area contributed by atoms with E-state index in [1.54, 1.807) is 4.90 Å². The molecule has 0 radical (unpaired) electrons. The summed E-state index contributed by atoms with van der Waals surface area (Å²) in [6, 6.07) is 4.52. The van der Waals surface area contributed by atoms with E-state index >= 15 is 0 Å². The van der Waals surface area contributed by atoms with Gasteiger partial charge in [0.15, 0.2) is 5.82 Å². The van der Waals surface area contributed by atoms with Crippen LogP contribution in [0, 0.1) is 0 Å². The van der Waals surface area contributed by atoms with E-state index in [0.717, 1.165) is 12.1 Å². The van der Waals surface area contributed by atoms with E-state index in [1.165, 1.54) is 16.8 Å². The minimum atomic E-state index is -4.42. The Kier molecular flexibility index (Phi) is 5.61. The average molecular weight is 464 g/mol. The Morgan fingerprint density at radius 1 is 1.12 bits per heavy atom. The van der Waals surface area contributed by atoms with Crippen LogP contribution in [0.15, 0.2) is 24.3 Å². The number of nitrogens with one attached hydrogen (secondary N) is 2. The summed E-state index contributed by atoms with van der Waals surface area (Å²) in [5.74, 6) is 0.673. The molecule has 0 unspecified atom stereocenters. The van der Waals surface area contributed by atoms with Crippen LogP contribution >= 0.6 is 0 Å². The molecule has 0 atom stereocenters. The maximum atomic E-state index is 12.8. The second kappa shape index (κ2) is 8.03. The van der Waals surface area contributed by atoms with Crippen molar-refractivity contribution in [3.8, 4) is 11.4 Å². The molecule has 1 aromatic carbocycles. The van der Waals surface area contributed by atoms with Gasteiger partial charge in [0.1, 0.15) is 12.4 Å². The van der Waals surface area contributed by atoms with Crippen molar-refractivity contribution in [2.75, 3.05) is 13.1 Å². The van der Waals surface area contributed by atoms with Gasteiger partial charge in [-0.2, -0.15) is 18.3 Å². The third-order valence-electron chi connectivity index (χ3n) is 5.90. The standard InChI is InChI=1S/C22H27F3N6O2/c1-20(2,3)28-19(33)30-10-8-21(9-11-30)12-16-26-18(29-31(16)13-17(32)27-21)14-4-6-15(7-5-14)22(23,24)25/h4-7H,8-13H2,1-3H3,(H,27,32)(H,28,33). The molecule has 0 bridgehead atoms. The van der Waals surface area contributed by atoms with E-state index in [1.807, 2.05) is 20.8 Å². The summed E-state index contributed by atoms with van der Waals surface area (Å²) >= 11 is 0. The third-order valence-corrected chi connectivity index (χ3v) is 5.90. The van der Waals surface area contributed by atoms with Gasteiger partial charge in [0.05, 0.1) is 11.1 Å². The molecule has 0 aliphatic carbocycles. The summed E-state index contributed by atoms with van der Waals surface area (Å²) in [6.45, 7) is 6.72. The Hall–Kier alpha value is -3.11. The van der Waals surface area contributed by atoms with Crippen LogP contribution in [0.1, 0.15) is 45.0 Å². The minimum Gasteiger partial charge on any atom is -0.348 e. The first-order valence-corrected chi connectivity index (χ1v) is 10.8. The molecule has 2 N–H and O–H groups in total. The number of piperidine rings is 1. The molecule has 8 nitrogen and oxygen atoms in total. The molecule has 2 aromatic rings. The molecule has 1 spiro atoms. The highest BCUT2D eigenvalue weighted by Crippen LogP contribution is 2.32. The van der Waals surface area contributed by atoms with E-state index in [0.29, 0.717) is 43.7 Å². The van der Waals surface area contributed by atoms with Crippen LogP contribution in [0.2, 0.25) is 0 Å². The SMILES string of the molecule is CC(C)(C)NC(=O)N1CCC2(CC1)Cc1nc(-c3ccc(C(F)(F)F)cc3)nn1CC(=O)N2. The van der Waals surface area contributed by atoms with Crippen molar-refractivity contribution in [3.63, 3.8) is 0 Å². The lowest BCUT2D eigenvalue weighted by Crippen LogP contribution is -2.59. The molecule has 11 heteroatoms. The molecule has 178 valence electrons. The number of halogens is 3. The van der Waals surface area contributed by atoms with Crippen LogP contribution in [0.3, 0.4) is 0 Å². The summed E-state index contributed by atoms with van der Waals surface area (Å²) in [6.07, 6.45) is -2.85. The molecule has 0 saturated carbocycles. The number of rotatable bonds is 1. The second-order valence-electron chi connectivity index (χ2n) is 9.76. The first-order chi connectivity index (χ1) is 15.3. The lowest BCUT2D eigenvalue weighted by molar-refractivity contribution is -0.137. The Balaban J connectivity index is 1.51. The predicted molar refractivity (Wildman–Crippen MR) is 114 cm³/mol. The molecule has 4 rings (SSSR count). The van der Waals surface area contributed by atoms with Gasteiger partial charge in [-0.25, -0.2) is 14.5 Å². The first-order valence-electron chi connectivity index (χ1n) is 10.8. The van der Waals surface area contributed by atoms with E-state index in [4.69, 9.17) is 0 Å². The minimum absolute atomic E-state index is 0.0149. The Bertz CT molecular complexity index is 1050. The van der Waals surface area contributed by atoms with Crippen molar-refractivity contribution in [1.82, 2.24) is 30.3 Å². The number of carbonyl (C=O) groups excluding carboxylic acids is 2. The van der Waals surface area contributed by atoms with Gasteiger partial charge >= 0.3 is 12.2 Å². The van der Waals surface area contributed by atoms with E-state index in [2.05, 4.69) is 20.7 Å². The smallest absolute Gasteiger partial charge is 0.348 e. The zero-order valence-electron chi connectivity index (χ0n) is 18.8. The Morgan fingerprint density at radius 3 is 2.33 bits per heavy atom. The maximum Gasteiger partial charge on any atom is 0.416 e. The van der Waals surface area contributed by atoms with Crippen LogP contribution in [0.5, 0.6) is 0 Å². The number of amides is 3. The number of hydrogen-bond donors (Lipinski definition) is 2. The van der Waals surface area contributed by atoms with Crippen LogP contribution < -0.4 is 10.6 Å². The monoisotopic (exact) mass is 464 g/mol. The molecule has 3 amide bonds. The number of likely N-dealkylation sites (tertiary alicyclic amines) is 1. The number of nitrogens with zero attached hydrogens (tertiary/aromatic N) is 4. The van der Waals surface area contributed by atoms with Gasteiger partial charge in [-0.3, -0.25) is 4.79 Å². The molecule has 2 aliphatic heterocycles. The normalized spacial score (nSPS) is 18.5. The summed E-state index contributed by atoms with van der Waals surface area (Å²) in [5, 5.41) is 10.4. The van der Waals surface area contributed by atoms with Crippen LogP contribution in [0.4, 0.5) is 18.0 Å². The number of hydrogen-bond acceptors (Lipinski definition) is 4. The molecular weight excluding hydrogens is 437 g/mol. The van der Waals surface area contributed by atoms with Crippen LogP contribution in [-0.2, 0) is 23.9 Å². The number of alkyl halides is 3. The molecule has 2 aliphatic rings. The Labute approximate surface area is 189 Å². The van der Waals surface area contributed by atoms with Crippen LogP contribution in [-0.4, -0.2) is 55.8 Å². The number of carbonyl (C=O) groups is 2. The fraction of sp³-hybridized carbons (Fsp3) is 0.545. The van der Waals surface area contributed by atoms with Crippen molar-refractivity contribution in [2.24, 2.45) is 0 Å². The summed E-state index contributed by atoms with van der Waals surface area (Å²) in [5.41, 5.74) is -1.18. The fourth-order valence-electron chi connectivity index (χ4n) is 4.22. The topological polar surface area (TPSA) is 92.2 Å². The summed E-state index contributed by atoms with van der Waals surface area (Å²) in [4.78, 5) is 31.4. The molecule has 3 heterocycles. The van der Waals surface area contributed by atoms with Gasteiger partial charge < -0.3 is 15.5 Å². The van der Waals surface area contributed by atoms with Gasteiger partial charge in [0.25, 0.3) is 0 Å². The summed E-state index contributed by atoms with van der Waals surface area (Å²) in [7, 11) is 0. The molecule has 1 fully saturated rings. The van der Waals surface area contributed by atoms with Gasteiger partial charge in [-0.05, 0) is 45.7 Å². The van der Waals surface area contributed by atoms with Gasteiger partial charge in [0.2, 0.25) is 5.91 Å². The number of aromatic nitrogens is 3. The van der Waals surface area contributed by atoms with Crippen LogP contribution in [0.25, 0.3) is 11.4 Å². The van der Waals surface area contributed by atoms with E-state index < -0.39 is 17.3 Å². The van der Waals surface area contributed by atoms with Gasteiger partial charge in [-0.1, -0.05) is 12.1 Å². The number of benzene rings is 1. The van der Waals surface area contributed by atoms with Crippen molar-refractivity contribution in [1.29, 1.82) is 0 Å². The second-order valence-corrected chi connectivity index (χ2v) is 9.76. The largest absolute Gasteiger partial charge is 0.416 e.